The van der Waals surface area contributed by atoms with Crippen LogP contribution in [0.4, 0.5) is 17.6 Å². The Morgan fingerprint density at radius 2 is 1.69 bits per heavy atom. The van der Waals surface area contributed by atoms with Gasteiger partial charge in [-0.3, -0.25) is 4.79 Å². The molecule has 0 amide bonds. The predicted molar refractivity (Wildman–Crippen MR) is 42.6 cm³/mol. The van der Waals surface area contributed by atoms with Gasteiger partial charge in [0.2, 0.25) is 0 Å². The average Bonchev–Trinajstić information content (AvgIpc) is 2.50. The van der Waals surface area contributed by atoms with Crippen LogP contribution in [0.3, 0.4) is 0 Å². The molecular formula is C7H9F4NO4. The van der Waals surface area contributed by atoms with E-state index in [2.05, 4.69) is 5.32 Å². The first-order valence-electron chi connectivity index (χ1n) is 4.06. The largest absolute Gasteiger partial charge is 0.490 e. The maximum atomic E-state index is 12.4. The van der Waals surface area contributed by atoms with E-state index >= 15 is 0 Å². The Bertz CT molecular complexity index is 268. The highest BCUT2D eigenvalue weighted by Crippen LogP contribution is 2.13. The van der Waals surface area contributed by atoms with E-state index in [0.29, 0.717) is 13.0 Å². The number of hydrogen-bond acceptors (Lipinski definition) is 3. The second-order valence-electron chi connectivity index (χ2n) is 2.88. The van der Waals surface area contributed by atoms with E-state index in [4.69, 9.17) is 15.0 Å². The molecule has 0 saturated carbocycles. The number of halogens is 4. The van der Waals surface area contributed by atoms with E-state index < -0.39 is 30.3 Å². The lowest BCUT2D eigenvalue weighted by atomic mass is 10.2. The zero-order valence-electron chi connectivity index (χ0n) is 7.79. The van der Waals surface area contributed by atoms with Crippen LogP contribution < -0.4 is 5.32 Å². The summed E-state index contributed by atoms with van der Waals surface area (Å²) in [5, 5.41) is 17.9. The number of hydrogen-bond donors (Lipinski definition) is 3. The zero-order chi connectivity index (χ0) is 12.9. The first-order valence-corrected chi connectivity index (χ1v) is 4.06. The van der Waals surface area contributed by atoms with E-state index in [1.165, 1.54) is 0 Å². The van der Waals surface area contributed by atoms with Gasteiger partial charge >= 0.3 is 18.1 Å². The molecule has 1 rings (SSSR count). The number of carbonyl (C=O) groups is 2. The van der Waals surface area contributed by atoms with Crippen LogP contribution in [0, 0.1) is 0 Å². The van der Waals surface area contributed by atoms with Crippen molar-refractivity contribution in [3.05, 3.63) is 0 Å². The Morgan fingerprint density at radius 1 is 1.25 bits per heavy atom. The molecule has 5 nitrogen and oxygen atoms in total. The number of nitrogens with one attached hydrogen (secondary N) is 1. The minimum Gasteiger partial charge on any atom is -0.480 e. The summed E-state index contributed by atoms with van der Waals surface area (Å²) in [4.78, 5) is 19.0. The Balaban J connectivity index is 0.000000293. The molecule has 1 heterocycles. The average molecular weight is 247 g/mol. The van der Waals surface area contributed by atoms with Gasteiger partial charge in [-0.05, 0) is 13.0 Å². The van der Waals surface area contributed by atoms with E-state index in [1.807, 2.05) is 0 Å². The van der Waals surface area contributed by atoms with E-state index in [1.54, 1.807) is 0 Å². The molecule has 2 atom stereocenters. The van der Waals surface area contributed by atoms with Crippen molar-refractivity contribution in [3.8, 4) is 0 Å². The Morgan fingerprint density at radius 3 is 1.81 bits per heavy atom. The summed E-state index contributed by atoms with van der Waals surface area (Å²) in [5.74, 6) is -3.85. The molecule has 3 N–H and O–H groups in total. The van der Waals surface area contributed by atoms with Gasteiger partial charge in [0.05, 0.1) is 0 Å². The van der Waals surface area contributed by atoms with Crippen LogP contribution in [0.5, 0.6) is 0 Å². The third kappa shape index (κ3) is 4.91. The molecule has 9 heteroatoms. The molecular weight excluding hydrogens is 238 g/mol. The molecule has 0 aliphatic carbocycles. The summed E-state index contributed by atoms with van der Waals surface area (Å²) in [7, 11) is 0. The van der Waals surface area contributed by atoms with Gasteiger partial charge in [-0.25, -0.2) is 9.18 Å². The van der Waals surface area contributed by atoms with Crippen LogP contribution in [0.2, 0.25) is 0 Å². The number of carboxylic acids is 2. The molecule has 0 aromatic carbocycles. The van der Waals surface area contributed by atoms with Crippen LogP contribution in [0.15, 0.2) is 0 Å². The molecule has 1 fully saturated rings. The van der Waals surface area contributed by atoms with Crippen molar-refractivity contribution in [1.29, 1.82) is 0 Å². The van der Waals surface area contributed by atoms with Crippen LogP contribution in [-0.2, 0) is 9.59 Å². The predicted octanol–water partition coefficient (Wildman–Crippen LogP) is 0.404. The van der Waals surface area contributed by atoms with Crippen LogP contribution in [0.25, 0.3) is 0 Å². The molecule has 16 heavy (non-hydrogen) atoms. The first kappa shape index (κ1) is 14.6. The molecule has 1 aliphatic heterocycles. The standard InChI is InChI=1S/C5H8FNO2.C2HF3O2/c6-3-1-2-7-4(3)5(8)9;3-2(4,5)1(6)7/h3-4,7H,1-2H2,(H,8,9);(H,6,7). The molecule has 0 spiro atoms. The van der Waals surface area contributed by atoms with E-state index in [-0.39, 0.29) is 0 Å². The van der Waals surface area contributed by atoms with Crippen LogP contribution in [-0.4, -0.2) is 47.1 Å². The first-order chi connectivity index (χ1) is 7.16. The lowest BCUT2D eigenvalue weighted by Gasteiger charge is -2.04. The van der Waals surface area contributed by atoms with Gasteiger partial charge in [0.1, 0.15) is 12.2 Å². The van der Waals surface area contributed by atoms with Gasteiger partial charge in [0, 0.05) is 0 Å². The lowest BCUT2D eigenvalue weighted by Crippen LogP contribution is -2.36. The molecule has 0 bridgehead atoms. The maximum Gasteiger partial charge on any atom is 0.490 e. The minimum atomic E-state index is -5.08. The fourth-order valence-electron chi connectivity index (χ4n) is 0.913. The highest BCUT2D eigenvalue weighted by atomic mass is 19.4. The van der Waals surface area contributed by atoms with Crippen molar-refractivity contribution >= 4 is 11.9 Å². The molecule has 2 unspecified atom stereocenters. The van der Waals surface area contributed by atoms with Crippen molar-refractivity contribution in [2.45, 2.75) is 24.8 Å². The molecule has 0 aromatic heterocycles. The van der Waals surface area contributed by atoms with Gasteiger partial charge < -0.3 is 15.5 Å². The van der Waals surface area contributed by atoms with Gasteiger partial charge in [0.15, 0.2) is 0 Å². The Labute approximate surface area is 87.1 Å². The van der Waals surface area contributed by atoms with Gasteiger partial charge in [-0.1, -0.05) is 0 Å². The van der Waals surface area contributed by atoms with E-state index in [0.717, 1.165) is 0 Å². The fraction of sp³-hybridized carbons (Fsp3) is 0.714. The Kier molecular flexibility index (Phi) is 5.15. The summed E-state index contributed by atoms with van der Waals surface area (Å²) in [6.07, 6.45) is -5.97. The summed E-state index contributed by atoms with van der Waals surface area (Å²) in [5.41, 5.74) is 0. The molecule has 1 saturated heterocycles. The second-order valence-corrected chi connectivity index (χ2v) is 2.88. The van der Waals surface area contributed by atoms with Crippen molar-refractivity contribution in [1.82, 2.24) is 5.32 Å². The third-order valence-corrected chi connectivity index (χ3v) is 1.65. The fourth-order valence-corrected chi connectivity index (χ4v) is 0.913. The smallest absolute Gasteiger partial charge is 0.480 e. The van der Waals surface area contributed by atoms with Gasteiger partial charge in [-0.15, -0.1) is 0 Å². The summed E-state index contributed by atoms with van der Waals surface area (Å²) in [6, 6.07) is -0.968. The van der Waals surface area contributed by atoms with Crippen LogP contribution in [0.1, 0.15) is 6.42 Å². The Hall–Kier alpha value is -1.38. The molecule has 0 radical (unpaired) electrons. The highest BCUT2D eigenvalue weighted by molar-refractivity contribution is 5.74. The molecule has 94 valence electrons. The summed E-state index contributed by atoms with van der Waals surface area (Å²) >= 11 is 0. The number of alkyl halides is 4. The third-order valence-electron chi connectivity index (χ3n) is 1.65. The van der Waals surface area contributed by atoms with E-state index in [9.17, 15) is 22.4 Å². The SMILES string of the molecule is O=C(O)C(F)(F)F.O=C(O)C1NCCC1F. The molecule has 0 aromatic rings. The van der Waals surface area contributed by atoms with Crippen molar-refractivity contribution in [2.24, 2.45) is 0 Å². The number of rotatable bonds is 1. The lowest BCUT2D eigenvalue weighted by molar-refractivity contribution is -0.192. The summed E-state index contributed by atoms with van der Waals surface area (Å²) < 4.78 is 44.1. The monoisotopic (exact) mass is 247 g/mol. The maximum absolute atomic E-state index is 12.4. The van der Waals surface area contributed by atoms with Crippen LogP contribution >= 0.6 is 0 Å². The second kappa shape index (κ2) is 5.64. The quantitative estimate of drug-likeness (QED) is 0.584. The normalized spacial score (nSPS) is 24.5. The number of carboxylic acid groups (broad SMARTS) is 2. The van der Waals surface area contributed by atoms with Crippen molar-refractivity contribution in [2.75, 3.05) is 6.54 Å². The highest BCUT2D eigenvalue weighted by Gasteiger charge is 2.38. The zero-order valence-corrected chi connectivity index (χ0v) is 7.79. The summed E-state index contributed by atoms with van der Waals surface area (Å²) in [6.45, 7) is 0.470. The minimum absolute atomic E-state index is 0.316. The topological polar surface area (TPSA) is 86.6 Å². The van der Waals surface area contributed by atoms with Gasteiger partial charge in [0.25, 0.3) is 0 Å². The van der Waals surface area contributed by atoms with Crippen molar-refractivity contribution < 1.29 is 37.4 Å². The van der Waals surface area contributed by atoms with Crippen molar-refractivity contribution in [3.63, 3.8) is 0 Å². The number of aliphatic carboxylic acids is 2. The van der Waals surface area contributed by atoms with Gasteiger partial charge in [-0.2, -0.15) is 13.2 Å². The molecule has 1 aliphatic rings.